The Balaban J connectivity index is 2.39. The highest BCUT2D eigenvalue weighted by molar-refractivity contribution is 9.10. The topological polar surface area (TPSA) is 55.1 Å². The summed E-state index contributed by atoms with van der Waals surface area (Å²) in [5.41, 5.74) is 6.77. The second-order valence-electron chi connectivity index (χ2n) is 3.74. The maximum absolute atomic E-state index is 11.5. The van der Waals surface area contributed by atoms with Gasteiger partial charge >= 0.3 is 0 Å². The molecule has 0 heterocycles. The van der Waals surface area contributed by atoms with E-state index >= 15 is 0 Å². The molecule has 0 aliphatic carbocycles. The predicted octanol–water partition coefficient (Wildman–Crippen LogP) is 2.19. The van der Waals surface area contributed by atoms with Crippen molar-refractivity contribution in [1.82, 2.24) is 5.32 Å². The van der Waals surface area contributed by atoms with Gasteiger partial charge in [0.05, 0.1) is 6.04 Å². The van der Waals surface area contributed by atoms with Gasteiger partial charge in [-0.15, -0.1) is 0 Å². The second-order valence-corrected chi connectivity index (χ2v) is 4.66. The van der Waals surface area contributed by atoms with Gasteiger partial charge < -0.3 is 11.1 Å². The monoisotopic (exact) mass is 284 g/mol. The van der Waals surface area contributed by atoms with Crippen LogP contribution < -0.4 is 11.1 Å². The van der Waals surface area contributed by atoms with Gasteiger partial charge in [-0.2, -0.15) is 0 Å². The molecule has 4 heteroatoms. The Hall–Kier alpha value is -0.870. The first kappa shape index (κ1) is 13.2. The number of hydrogen-bond donors (Lipinski definition) is 2. The first-order valence-corrected chi connectivity index (χ1v) is 6.20. The molecule has 88 valence electrons. The van der Waals surface area contributed by atoms with E-state index < -0.39 is 0 Å². The van der Waals surface area contributed by atoms with Crippen LogP contribution in [0.5, 0.6) is 0 Å². The molecule has 0 aromatic heterocycles. The smallest absolute Gasteiger partial charge is 0.237 e. The molecule has 0 unspecified atom stereocenters. The number of carbonyl (C=O) groups is 1. The molecule has 3 N–H and O–H groups in total. The van der Waals surface area contributed by atoms with Crippen LogP contribution in [0.25, 0.3) is 0 Å². The number of carbonyl (C=O) groups excluding carboxylic acids is 1. The summed E-state index contributed by atoms with van der Waals surface area (Å²) in [5, 5.41) is 2.82. The zero-order valence-electron chi connectivity index (χ0n) is 9.37. The zero-order valence-corrected chi connectivity index (χ0v) is 11.0. The van der Waals surface area contributed by atoms with Crippen molar-refractivity contribution in [3.8, 4) is 0 Å². The molecule has 0 radical (unpaired) electrons. The standard InChI is InChI=1S/C12H17BrN2O/c1-2-3-11(14)12(16)15-8-9-4-6-10(13)7-5-9/h4-7,11H,2-3,8,14H2,1H3,(H,15,16)/t11-/m1/s1. The molecule has 1 rings (SSSR count). The number of nitrogens with one attached hydrogen (secondary N) is 1. The Labute approximate surface area is 105 Å². The van der Waals surface area contributed by atoms with E-state index in [4.69, 9.17) is 5.73 Å². The van der Waals surface area contributed by atoms with Crippen LogP contribution in [0.1, 0.15) is 25.3 Å². The SMILES string of the molecule is CCC[C@@H](N)C(=O)NCc1ccc(Br)cc1. The lowest BCUT2D eigenvalue weighted by Gasteiger charge is -2.11. The molecule has 16 heavy (non-hydrogen) atoms. The molecular weight excluding hydrogens is 268 g/mol. The summed E-state index contributed by atoms with van der Waals surface area (Å²) in [7, 11) is 0. The van der Waals surface area contributed by atoms with Gasteiger partial charge in [0.2, 0.25) is 5.91 Å². The lowest BCUT2D eigenvalue weighted by atomic mass is 10.1. The summed E-state index contributed by atoms with van der Waals surface area (Å²) in [6.45, 7) is 2.55. The Bertz CT molecular complexity index is 337. The van der Waals surface area contributed by atoms with E-state index in [1.165, 1.54) is 0 Å². The highest BCUT2D eigenvalue weighted by Gasteiger charge is 2.10. The van der Waals surface area contributed by atoms with Crippen molar-refractivity contribution in [2.24, 2.45) is 5.73 Å². The highest BCUT2D eigenvalue weighted by atomic mass is 79.9. The summed E-state index contributed by atoms with van der Waals surface area (Å²) in [6, 6.07) is 7.45. The molecule has 0 aliphatic heterocycles. The minimum absolute atomic E-state index is 0.0789. The van der Waals surface area contributed by atoms with Gasteiger partial charge in [-0.1, -0.05) is 41.4 Å². The average molecular weight is 285 g/mol. The fourth-order valence-corrected chi connectivity index (χ4v) is 1.63. The average Bonchev–Trinajstić information content (AvgIpc) is 2.28. The molecular formula is C12H17BrN2O. The van der Waals surface area contributed by atoms with E-state index in [-0.39, 0.29) is 11.9 Å². The molecule has 0 aliphatic rings. The van der Waals surface area contributed by atoms with Crippen LogP contribution in [0.3, 0.4) is 0 Å². The van der Waals surface area contributed by atoms with Crippen LogP contribution in [-0.4, -0.2) is 11.9 Å². The molecule has 1 aromatic carbocycles. The number of amides is 1. The summed E-state index contributed by atoms with van der Waals surface area (Å²) in [6.07, 6.45) is 1.65. The van der Waals surface area contributed by atoms with Gasteiger partial charge in [0, 0.05) is 11.0 Å². The molecule has 1 aromatic rings. The second kappa shape index (κ2) is 6.66. The summed E-state index contributed by atoms with van der Waals surface area (Å²) >= 11 is 3.36. The van der Waals surface area contributed by atoms with Gasteiger partial charge in [-0.3, -0.25) is 4.79 Å². The van der Waals surface area contributed by atoms with Crippen molar-refractivity contribution >= 4 is 21.8 Å². The first-order chi connectivity index (χ1) is 7.63. The van der Waals surface area contributed by atoms with E-state index in [1.807, 2.05) is 31.2 Å². The van der Waals surface area contributed by atoms with Crippen molar-refractivity contribution in [2.75, 3.05) is 0 Å². The van der Waals surface area contributed by atoms with E-state index in [0.29, 0.717) is 6.54 Å². The Kier molecular flexibility index (Phi) is 5.49. The van der Waals surface area contributed by atoms with Gasteiger partial charge in [-0.05, 0) is 24.1 Å². The van der Waals surface area contributed by atoms with Crippen LogP contribution in [0.2, 0.25) is 0 Å². The first-order valence-electron chi connectivity index (χ1n) is 5.41. The largest absolute Gasteiger partial charge is 0.351 e. The Morgan fingerprint density at radius 3 is 2.62 bits per heavy atom. The maximum Gasteiger partial charge on any atom is 0.237 e. The molecule has 0 saturated carbocycles. The fraction of sp³-hybridized carbons (Fsp3) is 0.417. The van der Waals surface area contributed by atoms with Crippen molar-refractivity contribution in [3.05, 3.63) is 34.3 Å². The third kappa shape index (κ3) is 4.33. The normalized spacial score (nSPS) is 12.2. The van der Waals surface area contributed by atoms with Crippen LogP contribution >= 0.6 is 15.9 Å². The third-order valence-corrected chi connectivity index (χ3v) is 2.85. The Morgan fingerprint density at radius 1 is 1.44 bits per heavy atom. The quantitative estimate of drug-likeness (QED) is 0.871. The third-order valence-electron chi connectivity index (χ3n) is 2.32. The van der Waals surface area contributed by atoms with Crippen LogP contribution in [0.4, 0.5) is 0 Å². The van der Waals surface area contributed by atoms with Gasteiger partial charge in [0.25, 0.3) is 0 Å². The summed E-state index contributed by atoms with van der Waals surface area (Å²) in [5.74, 6) is -0.0789. The molecule has 0 fully saturated rings. The van der Waals surface area contributed by atoms with E-state index in [2.05, 4.69) is 21.2 Å². The van der Waals surface area contributed by atoms with Crippen LogP contribution in [-0.2, 0) is 11.3 Å². The number of benzene rings is 1. The lowest BCUT2D eigenvalue weighted by Crippen LogP contribution is -2.40. The molecule has 0 bridgehead atoms. The van der Waals surface area contributed by atoms with Crippen LogP contribution in [0, 0.1) is 0 Å². The van der Waals surface area contributed by atoms with E-state index in [0.717, 1.165) is 22.9 Å². The zero-order chi connectivity index (χ0) is 12.0. The highest BCUT2D eigenvalue weighted by Crippen LogP contribution is 2.10. The number of halogens is 1. The van der Waals surface area contributed by atoms with E-state index in [9.17, 15) is 4.79 Å². The van der Waals surface area contributed by atoms with Gasteiger partial charge in [0.15, 0.2) is 0 Å². The number of hydrogen-bond acceptors (Lipinski definition) is 2. The van der Waals surface area contributed by atoms with E-state index in [1.54, 1.807) is 0 Å². The molecule has 1 atom stereocenters. The maximum atomic E-state index is 11.5. The molecule has 1 amide bonds. The predicted molar refractivity (Wildman–Crippen MR) is 68.9 cm³/mol. The van der Waals surface area contributed by atoms with Crippen molar-refractivity contribution in [3.63, 3.8) is 0 Å². The van der Waals surface area contributed by atoms with Gasteiger partial charge in [-0.25, -0.2) is 0 Å². The van der Waals surface area contributed by atoms with Gasteiger partial charge in [0.1, 0.15) is 0 Å². The van der Waals surface area contributed by atoms with Crippen molar-refractivity contribution in [2.45, 2.75) is 32.4 Å². The number of nitrogens with two attached hydrogens (primary N) is 1. The summed E-state index contributed by atoms with van der Waals surface area (Å²) in [4.78, 5) is 11.5. The summed E-state index contributed by atoms with van der Waals surface area (Å²) < 4.78 is 1.03. The lowest BCUT2D eigenvalue weighted by molar-refractivity contribution is -0.122. The molecule has 0 saturated heterocycles. The van der Waals surface area contributed by atoms with Crippen LogP contribution in [0.15, 0.2) is 28.7 Å². The molecule has 3 nitrogen and oxygen atoms in total. The number of rotatable bonds is 5. The minimum Gasteiger partial charge on any atom is -0.351 e. The fourth-order valence-electron chi connectivity index (χ4n) is 1.36. The Morgan fingerprint density at radius 2 is 2.06 bits per heavy atom. The van der Waals surface area contributed by atoms with Crippen molar-refractivity contribution < 1.29 is 4.79 Å². The van der Waals surface area contributed by atoms with Crippen molar-refractivity contribution in [1.29, 1.82) is 0 Å². The minimum atomic E-state index is -0.388. The molecule has 0 spiro atoms.